The van der Waals surface area contributed by atoms with Gasteiger partial charge in [-0.1, -0.05) is 31.5 Å². The fourth-order valence-corrected chi connectivity index (χ4v) is 3.64. The summed E-state index contributed by atoms with van der Waals surface area (Å²) in [5, 5.41) is 3.19. The third-order valence-electron chi connectivity index (χ3n) is 4.14. The van der Waals surface area contributed by atoms with Crippen LogP contribution in [0.1, 0.15) is 25.1 Å². The molecule has 0 atom stereocenters. The standard InChI is InChI=1S/C19H15ClF4N4O2S/c1-8(2)17(30)25-6-9-3-4-10(21)14(15(9)20)16-26-11(5-13(29)28-16)18-27-12(7-31-18)19(22,23)24/h3-5,7-8H,6H2,1-2H3,(H,25,30)(H,26,28,29). The Bertz CT molecular complexity index is 1190. The van der Waals surface area contributed by atoms with Gasteiger partial charge in [0, 0.05) is 23.9 Å². The summed E-state index contributed by atoms with van der Waals surface area (Å²) in [7, 11) is 0. The monoisotopic (exact) mass is 474 g/mol. The molecular formula is C19H15ClF4N4O2S. The maximum absolute atomic E-state index is 14.6. The third kappa shape index (κ3) is 5.10. The van der Waals surface area contributed by atoms with Crippen molar-refractivity contribution in [3.63, 3.8) is 0 Å². The average molecular weight is 475 g/mol. The number of H-pyrrole nitrogens is 1. The summed E-state index contributed by atoms with van der Waals surface area (Å²) < 4.78 is 53.1. The van der Waals surface area contributed by atoms with Gasteiger partial charge in [0.2, 0.25) is 5.91 Å². The lowest BCUT2D eigenvalue weighted by atomic mass is 10.1. The zero-order valence-electron chi connectivity index (χ0n) is 16.1. The lowest BCUT2D eigenvalue weighted by molar-refractivity contribution is -0.140. The highest BCUT2D eigenvalue weighted by molar-refractivity contribution is 7.13. The summed E-state index contributed by atoms with van der Waals surface area (Å²) in [6.45, 7) is 3.42. The number of benzene rings is 1. The van der Waals surface area contributed by atoms with Crippen LogP contribution in [0.15, 0.2) is 28.4 Å². The van der Waals surface area contributed by atoms with Gasteiger partial charge < -0.3 is 10.3 Å². The van der Waals surface area contributed by atoms with E-state index in [4.69, 9.17) is 11.6 Å². The molecule has 0 aliphatic rings. The minimum atomic E-state index is -4.65. The molecule has 1 amide bonds. The first-order valence-electron chi connectivity index (χ1n) is 8.86. The van der Waals surface area contributed by atoms with E-state index >= 15 is 0 Å². The van der Waals surface area contributed by atoms with Crippen molar-refractivity contribution in [2.75, 3.05) is 0 Å². The van der Waals surface area contributed by atoms with Gasteiger partial charge in [0.1, 0.15) is 22.3 Å². The van der Waals surface area contributed by atoms with Crippen LogP contribution in [0.25, 0.3) is 22.1 Å². The van der Waals surface area contributed by atoms with Crippen molar-refractivity contribution in [2.45, 2.75) is 26.6 Å². The molecule has 0 unspecified atom stereocenters. The van der Waals surface area contributed by atoms with E-state index in [2.05, 4.69) is 20.3 Å². The van der Waals surface area contributed by atoms with E-state index in [0.717, 1.165) is 17.5 Å². The number of halogens is 5. The third-order valence-corrected chi connectivity index (χ3v) is 5.44. The van der Waals surface area contributed by atoms with E-state index in [1.165, 1.54) is 6.07 Å². The highest BCUT2D eigenvalue weighted by Crippen LogP contribution is 2.35. The first-order valence-corrected chi connectivity index (χ1v) is 10.1. The highest BCUT2D eigenvalue weighted by Gasteiger charge is 2.34. The number of aromatic nitrogens is 3. The summed E-state index contributed by atoms with van der Waals surface area (Å²) in [4.78, 5) is 33.8. The number of amides is 1. The van der Waals surface area contributed by atoms with Gasteiger partial charge in [-0.05, 0) is 11.6 Å². The maximum atomic E-state index is 14.6. The lowest BCUT2D eigenvalue weighted by Crippen LogP contribution is -2.27. The second-order valence-electron chi connectivity index (χ2n) is 6.78. The van der Waals surface area contributed by atoms with Crippen LogP contribution in [0, 0.1) is 11.7 Å². The topological polar surface area (TPSA) is 87.7 Å². The molecule has 2 heterocycles. The number of carbonyl (C=O) groups excluding carboxylic acids is 1. The minimum absolute atomic E-state index is 0.00841. The van der Waals surface area contributed by atoms with E-state index < -0.39 is 23.2 Å². The van der Waals surface area contributed by atoms with Gasteiger partial charge in [-0.15, -0.1) is 11.3 Å². The fourth-order valence-electron chi connectivity index (χ4n) is 2.54. The van der Waals surface area contributed by atoms with E-state index in [9.17, 15) is 27.2 Å². The Morgan fingerprint density at radius 1 is 1.29 bits per heavy atom. The minimum Gasteiger partial charge on any atom is -0.352 e. The predicted molar refractivity (Wildman–Crippen MR) is 108 cm³/mol. The Morgan fingerprint density at radius 2 is 2.00 bits per heavy atom. The molecule has 12 heteroatoms. The Labute approximate surface area is 182 Å². The molecule has 0 bridgehead atoms. The van der Waals surface area contributed by atoms with Gasteiger partial charge in [-0.3, -0.25) is 9.59 Å². The number of alkyl halides is 3. The Balaban J connectivity index is 2.03. The lowest BCUT2D eigenvalue weighted by Gasteiger charge is -2.13. The number of nitrogens with one attached hydrogen (secondary N) is 2. The number of rotatable bonds is 5. The number of aromatic amines is 1. The molecule has 0 radical (unpaired) electrons. The molecule has 164 valence electrons. The van der Waals surface area contributed by atoms with E-state index in [-0.39, 0.29) is 45.5 Å². The zero-order valence-corrected chi connectivity index (χ0v) is 17.7. The van der Waals surface area contributed by atoms with Gasteiger partial charge >= 0.3 is 6.18 Å². The smallest absolute Gasteiger partial charge is 0.352 e. The van der Waals surface area contributed by atoms with Crippen LogP contribution in [0.4, 0.5) is 17.6 Å². The molecule has 0 saturated carbocycles. The van der Waals surface area contributed by atoms with Crippen LogP contribution < -0.4 is 10.9 Å². The van der Waals surface area contributed by atoms with Crippen molar-refractivity contribution < 1.29 is 22.4 Å². The molecule has 31 heavy (non-hydrogen) atoms. The van der Waals surface area contributed by atoms with Gasteiger partial charge in [-0.2, -0.15) is 13.2 Å². The first kappa shape index (κ1) is 22.9. The summed E-state index contributed by atoms with van der Waals surface area (Å²) in [6, 6.07) is 3.43. The Hall–Kier alpha value is -2.79. The van der Waals surface area contributed by atoms with Crippen molar-refractivity contribution in [1.29, 1.82) is 0 Å². The van der Waals surface area contributed by atoms with Gasteiger partial charge in [0.05, 0.1) is 10.6 Å². The van der Waals surface area contributed by atoms with Gasteiger partial charge in [0.15, 0.2) is 5.69 Å². The number of carbonyl (C=O) groups is 1. The van der Waals surface area contributed by atoms with E-state index in [0.29, 0.717) is 16.9 Å². The molecule has 3 rings (SSSR count). The number of hydrogen-bond acceptors (Lipinski definition) is 5. The van der Waals surface area contributed by atoms with Crippen LogP contribution in [-0.4, -0.2) is 20.9 Å². The molecule has 0 spiro atoms. The van der Waals surface area contributed by atoms with E-state index in [1.54, 1.807) is 13.8 Å². The number of nitrogens with zero attached hydrogens (tertiary/aromatic N) is 2. The van der Waals surface area contributed by atoms with Crippen LogP contribution in [-0.2, 0) is 17.5 Å². The fraction of sp³-hybridized carbons (Fsp3) is 0.263. The molecule has 3 aromatic rings. The number of thiazole rings is 1. The molecule has 2 aromatic heterocycles. The molecule has 0 fully saturated rings. The molecule has 6 nitrogen and oxygen atoms in total. The second kappa shape index (κ2) is 8.75. The Kier molecular flexibility index (Phi) is 6.46. The quantitative estimate of drug-likeness (QED) is 0.527. The molecule has 0 aliphatic carbocycles. The van der Waals surface area contributed by atoms with Crippen LogP contribution in [0.2, 0.25) is 5.02 Å². The van der Waals surface area contributed by atoms with Crippen molar-refractivity contribution >= 4 is 28.8 Å². The molecule has 0 saturated heterocycles. The van der Waals surface area contributed by atoms with Crippen molar-refractivity contribution in [3.8, 4) is 22.1 Å². The Morgan fingerprint density at radius 3 is 2.61 bits per heavy atom. The van der Waals surface area contributed by atoms with Crippen LogP contribution in [0.5, 0.6) is 0 Å². The van der Waals surface area contributed by atoms with Crippen molar-refractivity contribution in [3.05, 3.63) is 56.0 Å². The predicted octanol–water partition coefficient (Wildman–Crippen LogP) is 4.64. The number of hydrogen-bond donors (Lipinski definition) is 2. The molecule has 2 N–H and O–H groups in total. The first-order chi connectivity index (χ1) is 14.5. The normalized spacial score (nSPS) is 11.7. The van der Waals surface area contributed by atoms with Crippen LogP contribution in [0.3, 0.4) is 0 Å². The van der Waals surface area contributed by atoms with Crippen molar-refractivity contribution in [2.24, 2.45) is 5.92 Å². The highest BCUT2D eigenvalue weighted by atomic mass is 35.5. The summed E-state index contributed by atoms with van der Waals surface area (Å²) in [5.41, 5.74) is -1.88. The summed E-state index contributed by atoms with van der Waals surface area (Å²) in [5.74, 6) is -1.59. The second-order valence-corrected chi connectivity index (χ2v) is 8.02. The van der Waals surface area contributed by atoms with Crippen molar-refractivity contribution in [1.82, 2.24) is 20.3 Å². The molecule has 0 aliphatic heterocycles. The maximum Gasteiger partial charge on any atom is 0.434 e. The SMILES string of the molecule is CC(C)C(=O)NCc1ccc(F)c(-c2nc(-c3nc(C(F)(F)F)cs3)cc(=O)[nH]2)c1Cl. The van der Waals surface area contributed by atoms with Crippen LogP contribution >= 0.6 is 22.9 Å². The molecule has 1 aromatic carbocycles. The molecular weight excluding hydrogens is 460 g/mol. The zero-order chi connectivity index (χ0) is 22.9. The summed E-state index contributed by atoms with van der Waals surface area (Å²) >= 11 is 6.96. The largest absolute Gasteiger partial charge is 0.434 e. The summed E-state index contributed by atoms with van der Waals surface area (Å²) in [6.07, 6.45) is -4.65. The van der Waals surface area contributed by atoms with Gasteiger partial charge in [0.25, 0.3) is 5.56 Å². The van der Waals surface area contributed by atoms with E-state index in [1.807, 2.05) is 0 Å². The van der Waals surface area contributed by atoms with Gasteiger partial charge in [-0.25, -0.2) is 14.4 Å². The average Bonchev–Trinajstić information content (AvgIpc) is 3.17.